The molecule has 2 aromatic carbocycles. The zero-order valence-corrected chi connectivity index (χ0v) is 17.9. The van der Waals surface area contributed by atoms with E-state index in [1.165, 1.54) is 25.6 Å². The van der Waals surface area contributed by atoms with E-state index in [-0.39, 0.29) is 19.1 Å². The highest BCUT2D eigenvalue weighted by atomic mass is 32.1. The quantitative estimate of drug-likeness (QED) is 0.544. The molecular formula is C22H24N2O5S. The fourth-order valence-corrected chi connectivity index (χ4v) is 3.79. The summed E-state index contributed by atoms with van der Waals surface area (Å²) in [5.41, 5.74) is 1.62. The Morgan fingerprint density at radius 3 is 2.40 bits per heavy atom. The lowest BCUT2D eigenvalue weighted by molar-refractivity contribution is 0.0836. The molecule has 0 saturated heterocycles. The second kappa shape index (κ2) is 10.1. The Balaban J connectivity index is 1.57. The second-order valence-electron chi connectivity index (χ2n) is 6.47. The van der Waals surface area contributed by atoms with Gasteiger partial charge in [0.15, 0.2) is 11.5 Å². The fraction of sp³-hybridized carbons (Fsp3) is 0.273. The number of hydrogen-bond donors (Lipinski definition) is 2. The van der Waals surface area contributed by atoms with Crippen molar-refractivity contribution in [3.8, 4) is 27.8 Å². The molecule has 0 fully saturated rings. The fourth-order valence-electron chi connectivity index (χ4n) is 2.80. The smallest absolute Gasteiger partial charge is 0.263 e. The maximum absolute atomic E-state index is 12.6. The van der Waals surface area contributed by atoms with Crippen LogP contribution in [0.5, 0.6) is 17.2 Å². The minimum Gasteiger partial charge on any atom is -0.493 e. The van der Waals surface area contributed by atoms with E-state index < -0.39 is 6.10 Å². The van der Waals surface area contributed by atoms with Gasteiger partial charge >= 0.3 is 0 Å². The molecule has 0 bridgehead atoms. The Bertz CT molecular complexity index is 968. The molecule has 1 amide bonds. The first-order valence-electron chi connectivity index (χ1n) is 9.36. The molecule has 1 heterocycles. The minimum atomic E-state index is -0.912. The molecule has 3 rings (SSSR count). The summed E-state index contributed by atoms with van der Waals surface area (Å²) in [5, 5.41) is 13.8. The summed E-state index contributed by atoms with van der Waals surface area (Å²) in [4.78, 5) is 17.6. The Morgan fingerprint density at radius 1 is 1.10 bits per heavy atom. The number of carbonyl (C=O) groups excluding carboxylic acids is 1. The Kier molecular flexibility index (Phi) is 7.26. The van der Waals surface area contributed by atoms with Crippen molar-refractivity contribution < 1.29 is 24.1 Å². The van der Waals surface area contributed by atoms with Crippen LogP contribution in [0.15, 0.2) is 48.5 Å². The number of hydrogen-bond acceptors (Lipinski definition) is 7. The minimum absolute atomic E-state index is 0.0338. The van der Waals surface area contributed by atoms with Crippen LogP contribution in [0, 0.1) is 6.92 Å². The zero-order valence-electron chi connectivity index (χ0n) is 17.0. The summed E-state index contributed by atoms with van der Waals surface area (Å²) >= 11 is 1.32. The van der Waals surface area contributed by atoms with Crippen molar-refractivity contribution in [2.45, 2.75) is 13.0 Å². The van der Waals surface area contributed by atoms with Crippen molar-refractivity contribution in [3.63, 3.8) is 0 Å². The van der Waals surface area contributed by atoms with Crippen molar-refractivity contribution >= 4 is 17.2 Å². The molecule has 1 unspecified atom stereocenters. The van der Waals surface area contributed by atoms with Crippen LogP contribution in [0.4, 0.5) is 0 Å². The number of para-hydroxylation sites is 1. The van der Waals surface area contributed by atoms with Crippen molar-refractivity contribution in [2.75, 3.05) is 27.4 Å². The van der Waals surface area contributed by atoms with Gasteiger partial charge in [0.1, 0.15) is 22.6 Å². The van der Waals surface area contributed by atoms with Crippen molar-refractivity contribution in [3.05, 3.63) is 59.1 Å². The molecule has 2 N–H and O–H groups in total. The number of aryl methyl sites for hydroxylation is 1. The molecule has 8 heteroatoms. The summed E-state index contributed by atoms with van der Waals surface area (Å²) < 4.78 is 16.2. The van der Waals surface area contributed by atoms with Gasteiger partial charge in [0, 0.05) is 12.1 Å². The van der Waals surface area contributed by atoms with E-state index in [9.17, 15) is 9.90 Å². The van der Waals surface area contributed by atoms with Crippen LogP contribution in [0.2, 0.25) is 0 Å². The summed E-state index contributed by atoms with van der Waals surface area (Å²) in [7, 11) is 3.05. The number of aliphatic hydroxyl groups excluding tert-OH is 1. The van der Waals surface area contributed by atoms with E-state index in [1.807, 2.05) is 30.3 Å². The van der Waals surface area contributed by atoms with E-state index in [0.29, 0.717) is 27.8 Å². The van der Waals surface area contributed by atoms with Crippen LogP contribution in [0.3, 0.4) is 0 Å². The molecule has 0 aliphatic heterocycles. The molecule has 158 valence electrons. The van der Waals surface area contributed by atoms with Crippen LogP contribution < -0.4 is 19.5 Å². The number of ether oxygens (including phenoxy) is 3. The first kappa shape index (κ1) is 21.6. The van der Waals surface area contributed by atoms with Gasteiger partial charge in [0.05, 0.1) is 19.9 Å². The number of amides is 1. The second-order valence-corrected chi connectivity index (χ2v) is 7.47. The molecular weight excluding hydrogens is 404 g/mol. The Labute approximate surface area is 179 Å². The third-order valence-corrected chi connectivity index (χ3v) is 5.53. The maximum atomic E-state index is 12.6. The van der Waals surface area contributed by atoms with Crippen molar-refractivity contribution in [1.29, 1.82) is 0 Å². The number of thiazole rings is 1. The van der Waals surface area contributed by atoms with Crippen LogP contribution in [0.25, 0.3) is 10.6 Å². The summed E-state index contributed by atoms with van der Waals surface area (Å²) in [5.74, 6) is 1.12. The van der Waals surface area contributed by atoms with Gasteiger partial charge in [-0.2, -0.15) is 0 Å². The monoisotopic (exact) mass is 428 g/mol. The molecule has 0 spiro atoms. The number of benzene rings is 2. The van der Waals surface area contributed by atoms with Crippen LogP contribution in [-0.4, -0.2) is 49.5 Å². The average molecular weight is 429 g/mol. The van der Waals surface area contributed by atoms with E-state index in [2.05, 4.69) is 10.3 Å². The summed E-state index contributed by atoms with van der Waals surface area (Å²) in [6.45, 7) is 1.80. The van der Waals surface area contributed by atoms with Gasteiger partial charge in [-0.05, 0) is 19.1 Å². The van der Waals surface area contributed by atoms with Gasteiger partial charge < -0.3 is 24.6 Å². The first-order valence-corrected chi connectivity index (χ1v) is 10.2. The number of aromatic nitrogens is 1. The summed E-state index contributed by atoms with van der Waals surface area (Å²) in [6, 6.07) is 15.0. The normalized spacial score (nSPS) is 11.6. The molecule has 3 aromatic rings. The van der Waals surface area contributed by atoms with E-state index in [0.717, 1.165) is 10.6 Å². The lowest BCUT2D eigenvalue weighted by Crippen LogP contribution is -2.35. The van der Waals surface area contributed by atoms with Crippen LogP contribution in [-0.2, 0) is 0 Å². The van der Waals surface area contributed by atoms with Gasteiger partial charge in [0.2, 0.25) is 5.75 Å². The van der Waals surface area contributed by atoms with E-state index >= 15 is 0 Å². The lowest BCUT2D eigenvalue weighted by atomic mass is 10.2. The molecule has 0 aliphatic carbocycles. The number of methoxy groups -OCH3 is 2. The van der Waals surface area contributed by atoms with Gasteiger partial charge in [0.25, 0.3) is 5.91 Å². The van der Waals surface area contributed by atoms with Crippen molar-refractivity contribution in [2.24, 2.45) is 0 Å². The lowest BCUT2D eigenvalue weighted by Gasteiger charge is -2.17. The van der Waals surface area contributed by atoms with Crippen LogP contribution in [0.1, 0.15) is 15.4 Å². The zero-order chi connectivity index (χ0) is 21.5. The molecule has 0 radical (unpaired) electrons. The van der Waals surface area contributed by atoms with Gasteiger partial charge in [-0.25, -0.2) is 4.98 Å². The third-order valence-electron chi connectivity index (χ3n) is 4.32. The molecule has 1 aromatic heterocycles. The standard InChI is InChI=1S/C22H24N2O5S/c1-14-20(30-22(24-14)15-8-5-4-6-9-15)21(26)23-12-16(25)13-29-19-17(27-2)10-7-11-18(19)28-3/h4-11,16,25H,12-13H2,1-3H3,(H,23,26). The number of nitrogens with one attached hydrogen (secondary N) is 1. The highest BCUT2D eigenvalue weighted by Gasteiger charge is 2.18. The third kappa shape index (κ3) is 5.08. The highest BCUT2D eigenvalue weighted by Crippen LogP contribution is 2.36. The average Bonchev–Trinajstić information content (AvgIpc) is 3.18. The van der Waals surface area contributed by atoms with Crippen molar-refractivity contribution in [1.82, 2.24) is 10.3 Å². The maximum Gasteiger partial charge on any atom is 0.263 e. The SMILES string of the molecule is COc1cccc(OC)c1OCC(O)CNC(=O)c1sc(-c2ccccc2)nc1C. The number of rotatable bonds is 9. The highest BCUT2D eigenvalue weighted by molar-refractivity contribution is 7.17. The molecule has 7 nitrogen and oxygen atoms in total. The van der Waals surface area contributed by atoms with E-state index in [1.54, 1.807) is 25.1 Å². The van der Waals surface area contributed by atoms with Gasteiger partial charge in [-0.15, -0.1) is 11.3 Å². The van der Waals surface area contributed by atoms with Gasteiger partial charge in [-0.1, -0.05) is 36.4 Å². The Hall–Kier alpha value is -3.10. The topological polar surface area (TPSA) is 89.9 Å². The summed E-state index contributed by atoms with van der Waals surface area (Å²) in [6.07, 6.45) is -0.912. The molecule has 0 aliphatic rings. The number of aliphatic hydroxyl groups is 1. The predicted octanol–water partition coefficient (Wildman–Crippen LogP) is 3.31. The largest absolute Gasteiger partial charge is 0.493 e. The van der Waals surface area contributed by atoms with E-state index in [4.69, 9.17) is 14.2 Å². The molecule has 0 saturated carbocycles. The number of carbonyl (C=O) groups is 1. The van der Waals surface area contributed by atoms with Crippen LogP contribution >= 0.6 is 11.3 Å². The Morgan fingerprint density at radius 2 is 1.77 bits per heavy atom. The predicted molar refractivity (Wildman–Crippen MR) is 116 cm³/mol. The molecule has 30 heavy (non-hydrogen) atoms. The first-order chi connectivity index (χ1) is 14.5. The molecule has 1 atom stereocenters. The van der Waals surface area contributed by atoms with Gasteiger partial charge in [-0.3, -0.25) is 4.79 Å². The number of nitrogens with zero attached hydrogens (tertiary/aromatic N) is 1.